The molecule has 0 aromatic heterocycles. The van der Waals surface area contributed by atoms with Crippen molar-refractivity contribution in [2.75, 3.05) is 13.2 Å². The standard InChI is InChI=1S/C26H44O4/c1-5-18(2)13-22(28)30-17-23(3)10-6-11-24(4)21(23)8-7-19-15-26(29,16-27)20-9-12-25(19,24)14-20/h18-21,27,29H,5-17H2,1-4H3/t18-,19-,20-,21+,23-,24+,25-,26-/m0/s1. The van der Waals surface area contributed by atoms with E-state index < -0.39 is 5.60 Å². The molecule has 0 aromatic carbocycles. The first-order chi connectivity index (χ1) is 14.1. The number of hydrogen-bond acceptors (Lipinski definition) is 4. The number of carbonyl (C=O) groups is 1. The number of hydrogen-bond donors (Lipinski definition) is 2. The summed E-state index contributed by atoms with van der Waals surface area (Å²) in [6.07, 6.45) is 11.6. The van der Waals surface area contributed by atoms with Gasteiger partial charge in [-0.1, -0.05) is 40.5 Å². The predicted octanol–water partition coefficient (Wildman–Crippen LogP) is 5.10. The number of esters is 1. The monoisotopic (exact) mass is 420 g/mol. The smallest absolute Gasteiger partial charge is 0.306 e. The molecule has 0 aliphatic heterocycles. The summed E-state index contributed by atoms with van der Waals surface area (Å²) in [5.41, 5.74) is -0.264. The van der Waals surface area contributed by atoms with Crippen molar-refractivity contribution >= 4 is 5.97 Å². The summed E-state index contributed by atoms with van der Waals surface area (Å²) in [5, 5.41) is 21.1. The van der Waals surface area contributed by atoms with Crippen LogP contribution in [0.4, 0.5) is 0 Å². The third-order valence-corrected chi connectivity index (χ3v) is 10.7. The minimum atomic E-state index is -0.864. The Kier molecular flexibility index (Phi) is 5.84. The van der Waals surface area contributed by atoms with Crippen molar-refractivity contribution in [1.29, 1.82) is 0 Å². The molecule has 172 valence electrons. The number of ether oxygens (including phenoxy) is 1. The van der Waals surface area contributed by atoms with Gasteiger partial charge in [0.05, 0.1) is 18.8 Å². The molecular weight excluding hydrogens is 376 g/mol. The summed E-state index contributed by atoms with van der Waals surface area (Å²) >= 11 is 0. The van der Waals surface area contributed by atoms with E-state index in [0.717, 1.165) is 44.9 Å². The lowest BCUT2D eigenvalue weighted by atomic mass is 9.38. The predicted molar refractivity (Wildman–Crippen MR) is 118 cm³/mol. The maximum Gasteiger partial charge on any atom is 0.306 e. The van der Waals surface area contributed by atoms with E-state index in [4.69, 9.17) is 4.74 Å². The molecule has 0 unspecified atom stereocenters. The minimum Gasteiger partial charge on any atom is -0.465 e. The Morgan fingerprint density at radius 1 is 1.10 bits per heavy atom. The van der Waals surface area contributed by atoms with Gasteiger partial charge in [-0.05, 0) is 85.9 Å². The highest BCUT2D eigenvalue weighted by Crippen LogP contribution is 2.75. The summed E-state index contributed by atoms with van der Waals surface area (Å²) in [7, 11) is 0. The molecule has 8 atom stereocenters. The van der Waals surface area contributed by atoms with Gasteiger partial charge in [0.2, 0.25) is 0 Å². The van der Waals surface area contributed by atoms with Gasteiger partial charge in [0.1, 0.15) is 0 Å². The Labute approximate surface area is 183 Å². The molecule has 4 aliphatic carbocycles. The van der Waals surface area contributed by atoms with E-state index in [1.54, 1.807) is 0 Å². The number of aliphatic hydroxyl groups is 2. The highest BCUT2D eigenvalue weighted by atomic mass is 16.5. The van der Waals surface area contributed by atoms with E-state index in [9.17, 15) is 15.0 Å². The van der Waals surface area contributed by atoms with Crippen LogP contribution in [0.15, 0.2) is 0 Å². The molecule has 0 heterocycles. The van der Waals surface area contributed by atoms with E-state index >= 15 is 0 Å². The van der Waals surface area contributed by atoms with Crippen LogP contribution in [0.25, 0.3) is 0 Å². The molecule has 1 spiro atoms. The first-order valence-corrected chi connectivity index (χ1v) is 12.6. The maximum atomic E-state index is 12.4. The van der Waals surface area contributed by atoms with Crippen molar-refractivity contribution in [1.82, 2.24) is 0 Å². The first-order valence-electron chi connectivity index (χ1n) is 12.6. The van der Waals surface area contributed by atoms with Crippen molar-refractivity contribution in [3.8, 4) is 0 Å². The number of aliphatic hydroxyl groups excluding tert-OH is 1. The van der Waals surface area contributed by atoms with E-state index in [1.165, 1.54) is 19.3 Å². The van der Waals surface area contributed by atoms with Gasteiger partial charge >= 0.3 is 5.97 Å². The molecule has 4 heteroatoms. The molecule has 30 heavy (non-hydrogen) atoms. The topological polar surface area (TPSA) is 66.8 Å². The van der Waals surface area contributed by atoms with Crippen molar-refractivity contribution in [2.24, 2.45) is 39.9 Å². The second-order valence-electron chi connectivity index (χ2n) is 12.2. The summed E-state index contributed by atoms with van der Waals surface area (Å²) in [5.74, 6) is 1.70. The number of fused-ring (bicyclic) bond motifs is 2. The number of carbonyl (C=O) groups excluding carboxylic acids is 1. The Hall–Kier alpha value is -0.610. The van der Waals surface area contributed by atoms with Crippen molar-refractivity contribution in [2.45, 2.75) is 104 Å². The van der Waals surface area contributed by atoms with E-state index in [1.807, 2.05) is 0 Å². The molecule has 4 rings (SSSR count). The summed E-state index contributed by atoms with van der Waals surface area (Å²) in [6, 6.07) is 0. The van der Waals surface area contributed by atoms with E-state index in [0.29, 0.717) is 36.2 Å². The van der Waals surface area contributed by atoms with Crippen molar-refractivity contribution < 1.29 is 19.7 Å². The van der Waals surface area contributed by atoms with Crippen LogP contribution in [0, 0.1) is 39.9 Å². The van der Waals surface area contributed by atoms with E-state index in [2.05, 4.69) is 27.7 Å². The van der Waals surface area contributed by atoms with Crippen molar-refractivity contribution in [3.63, 3.8) is 0 Å². The zero-order valence-electron chi connectivity index (χ0n) is 19.7. The molecule has 0 radical (unpaired) electrons. The van der Waals surface area contributed by atoms with Crippen LogP contribution in [0.5, 0.6) is 0 Å². The van der Waals surface area contributed by atoms with Gasteiger partial charge < -0.3 is 14.9 Å². The van der Waals surface area contributed by atoms with Crippen molar-refractivity contribution in [3.05, 3.63) is 0 Å². The van der Waals surface area contributed by atoms with Gasteiger partial charge in [-0.3, -0.25) is 4.79 Å². The van der Waals surface area contributed by atoms with Gasteiger partial charge in [-0.15, -0.1) is 0 Å². The quantitative estimate of drug-likeness (QED) is 0.587. The number of rotatable bonds is 6. The van der Waals surface area contributed by atoms with Crippen LogP contribution < -0.4 is 0 Å². The molecule has 2 N–H and O–H groups in total. The average molecular weight is 421 g/mol. The molecule has 4 nitrogen and oxygen atoms in total. The SMILES string of the molecule is CC[C@H](C)CC(=O)OC[C@]1(C)CCC[C@]2(C)[C@@H]1CC[C@H]1C[C@](O)(CO)[C@H]3CC[C@]12C3. The highest BCUT2D eigenvalue weighted by molar-refractivity contribution is 5.69. The molecule has 4 aliphatic rings. The minimum absolute atomic E-state index is 0.0312. The Bertz CT molecular complexity index is 663. The third-order valence-electron chi connectivity index (χ3n) is 10.7. The molecule has 0 saturated heterocycles. The summed E-state index contributed by atoms with van der Waals surface area (Å²) < 4.78 is 5.90. The fourth-order valence-electron chi connectivity index (χ4n) is 8.76. The van der Waals surface area contributed by atoms with Crippen LogP contribution in [-0.4, -0.2) is 35.0 Å². The average Bonchev–Trinajstić information content (AvgIpc) is 3.13. The van der Waals surface area contributed by atoms with Gasteiger partial charge in [0.25, 0.3) is 0 Å². The molecule has 0 aromatic rings. The Balaban J connectivity index is 1.54. The van der Waals surface area contributed by atoms with Gasteiger partial charge in [0.15, 0.2) is 0 Å². The largest absolute Gasteiger partial charge is 0.465 e. The third kappa shape index (κ3) is 3.27. The van der Waals surface area contributed by atoms with Crippen LogP contribution in [0.2, 0.25) is 0 Å². The summed E-state index contributed by atoms with van der Waals surface area (Å²) in [6.45, 7) is 9.63. The highest BCUT2D eigenvalue weighted by Gasteiger charge is 2.69. The lowest BCUT2D eigenvalue weighted by Crippen LogP contribution is -2.62. The van der Waals surface area contributed by atoms with Gasteiger partial charge in [-0.2, -0.15) is 0 Å². The van der Waals surface area contributed by atoms with Crippen LogP contribution in [0.1, 0.15) is 98.3 Å². The second-order valence-corrected chi connectivity index (χ2v) is 12.2. The normalized spacial score (nSPS) is 48.5. The molecular formula is C26H44O4. The van der Waals surface area contributed by atoms with Crippen LogP contribution in [0.3, 0.4) is 0 Å². The lowest BCUT2D eigenvalue weighted by molar-refractivity contribution is -0.212. The maximum absolute atomic E-state index is 12.4. The van der Waals surface area contributed by atoms with Gasteiger partial charge in [-0.25, -0.2) is 0 Å². The zero-order chi connectivity index (χ0) is 21.8. The van der Waals surface area contributed by atoms with Crippen LogP contribution >= 0.6 is 0 Å². The van der Waals surface area contributed by atoms with E-state index in [-0.39, 0.29) is 29.3 Å². The fourth-order valence-corrected chi connectivity index (χ4v) is 8.76. The molecule has 2 bridgehead atoms. The summed E-state index contributed by atoms with van der Waals surface area (Å²) in [4.78, 5) is 12.4. The fraction of sp³-hybridized carbons (Fsp3) is 0.962. The second kappa shape index (κ2) is 7.76. The molecule has 0 amide bonds. The first kappa shape index (κ1) is 22.6. The Morgan fingerprint density at radius 3 is 2.57 bits per heavy atom. The lowest BCUT2D eigenvalue weighted by Gasteiger charge is -2.67. The van der Waals surface area contributed by atoms with Crippen LogP contribution in [-0.2, 0) is 9.53 Å². The van der Waals surface area contributed by atoms with Gasteiger partial charge in [0, 0.05) is 11.8 Å². The molecule has 4 saturated carbocycles. The molecule has 4 fully saturated rings. The zero-order valence-corrected chi connectivity index (χ0v) is 19.7. The Morgan fingerprint density at radius 2 is 1.87 bits per heavy atom.